The van der Waals surface area contributed by atoms with Crippen molar-refractivity contribution in [2.75, 3.05) is 0 Å². The van der Waals surface area contributed by atoms with Gasteiger partial charge in [-0.15, -0.1) is 0 Å². The van der Waals surface area contributed by atoms with Gasteiger partial charge in [0.2, 0.25) is 0 Å². The minimum absolute atomic E-state index is 0.272. The van der Waals surface area contributed by atoms with E-state index in [9.17, 15) is 4.39 Å². The molecule has 0 amide bonds. The number of aliphatic hydroxyl groups excluding tert-OH is 1. The predicted octanol–water partition coefficient (Wildman–Crippen LogP) is 0.112. The van der Waals surface area contributed by atoms with Gasteiger partial charge in [-0.2, -0.15) is 0 Å². The zero-order valence-electron chi connectivity index (χ0n) is 5.34. The largest absolute Gasteiger partial charge is 0.392 e. The number of hydrogen-bond donors (Lipinski definition) is 1. The van der Waals surface area contributed by atoms with E-state index in [1.165, 1.54) is 12.1 Å². The van der Waals surface area contributed by atoms with Gasteiger partial charge in [0.1, 0.15) is 13.7 Å². The van der Waals surface area contributed by atoms with Crippen molar-refractivity contribution in [1.29, 1.82) is 0 Å². The molecule has 0 saturated carbocycles. The van der Waals surface area contributed by atoms with E-state index in [0.717, 1.165) is 0 Å². The quantitative estimate of drug-likeness (QED) is 0.543. The lowest BCUT2D eigenvalue weighted by Gasteiger charge is -1.98. The van der Waals surface area contributed by atoms with Crippen molar-refractivity contribution in [3.05, 3.63) is 29.6 Å². The van der Waals surface area contributed by atoms with E-state index in [2.05, 4.69) is 0 Å². The Bertz CT molecular complexity index is 237. The Morgan fingerprint density at radius 3 is 2.70 bits per heavy atom. The average Bonchev–Trinajstić information content (AvgIpc) is 1.88. The highest BCUT2D eigenvalue weighted by Crippen LogP contribution is 2.02. The molecule has 1 N–H and O–H groups in total. The monoisotopic (exact) mass is 136 g/mol. The molecule has 0 heterocycles. The highest BCUT2D eigenvalue weighted by atomic mass is 19.1. The van der Waals surface area contributed by atoms with E-state index >= 15 is 0 Å². The van der Waals surface area contributed by atoms with Crippen LogP contribution in [0.15, 0.2) is 18.2 Å². The summed E-state index contributed by atoms with van der Waals surface area (Å²) in [6, 6.07) is 4.20. The first-order valence-corrected chi connectivity index (χ1v) is 2.89. The number of halogens is 1. The molecule has 0 bridgehead atoms. The van der Waals surface area contributed by atoms with Crippen LogP contribution in [0.1, 0.15) is 5.56 Å². The van der Waals surface area contributed by atoms with Crippen LogP contribution < -0.4 is 5.46 Å². The lowest BCUT2D eigenvalue weighted by Crippen LogP contribution is -2.04. The fourth-order valence-electron chi connectivity index (χ4n) is 0.692. The standard InChI is InChI=1S/C7H6BFO/c8-6-2-1-5(4-10)7(9)3-6/h1-3,10H,4H2. The van der Waals surface area contributed by atoms with Gasteiger partial charge in [-0.1, -0.05) is 17.6 Å². The maximum atomic E-state index is 12.6. The molecule has 50 valence electrons. The third-order valence-corrected chi connectivity index (χ3v) is 1.25. The summed E-state index contributed by atoms with van der Waals surface area (Å²) in [4.78, 5) is 0. The first-order chi connectivity index (χ1) is 4.74. The van der Waals surface area contributed by atoms with E-state index in [4.69, 9.17) is 13.0 Å². The summed E-state index contributed by atoms with van der Waals surface area (Å²) in [5, 5.41) is 8.53. The lowest BCUT2D eigenvalue weighted by atomic mass is 9.95. The summed E-state index contributed by atoms with van der Waals surface area (Å²) in [7, 11) is 5.26. The van der Waals surface area contributed by atoms with Crippen molar-refractivity contribution in [2.24, 2.45) is 0 Å². The fourth-order valence-corrected chi connectivity index (χ4v) is 0.692. The van der Waals surface area contributed by atoms with Gasteiger partial charge in [-0.3, -0.25) is 0 Å². The highest BCUT2D eigenvalue weighted by Gasteiger charge is 1.97. The summed E-state index contributed by atoms with van der Waals surface area (Å²) < 4.78 is 12.6. The molecule has 1 rings (SSSR count). The predicted molar refractivity (Wildman–Crippen MR) is 37.7 cm³/mol. The van der Waals surface area contributed by atoms with Crippen LogP contribution in [0.5, 0.6) is 0 Å². The number of rotatable bonds is 1. The summed E-state index contributed by atoms with van der Waals surface area (Å²) in [5.74, 6) is -0.456. The molecule has 0 spiro atoms. The van der Waals surface area contributed by atoms with Crippen LogP contribution in [0.25, 0.3) is 0 Å². The Labute approximate surface area is 59.9 Å². The molecule has 10 heavy (non-hydrogen) atoms. The zero-order valence-corrected chi connectivity index (χ0v) is 5.34. The van der Waals surface area contributed by atoms with Crippen LogP contribution >= 0.6 is 0 Å². The molecule has 1 nitrogen and oxygen atoms in total. The van der Waals surface area contributed by atoms with Gasteiger partial charge < -0.3 is 5.11 Å². The Hall–Kier alpha value is -0.825. The van der Waals surface area contributed by atoms with Crippen molar-refractivity contribution >= 4 is 13.3 Å². The molecule has 0 aliphatic carbocycles. The SMILES string of the molecule is [B]c1ccc(CO)c(F)c1. The Morgan fingerprint density at radius 1 is 1.50 bits per heavy atom. The van der Waals surface area contributed by atoms with E-state index in [-0.39, 0.29) is 12.2 Å². The molecule has 0 unspecified atom stereocenters. The van der Waals surface area contributed by atoms with Gasteiger partial charge in [0, 0.05) is 5.56 Å². The second-order valence-electron chi connectivity index (χ2n) is 2.01. The summed E-state index contributed by atoms with van der Waals surface area (Å²) in [5.41, 5.74) is 0.643. The molecule has 1 aromatic rings. The van der Waals surface area contributed by atoms with Gasteiger partial charge in [0.25, 0.3) is 0 Å². The van der Waals surface area contributed by atoms with Crippen molar-refractivity contribution in [2.45, 2.75) is 6.61 Å². The van der Waals surface area contributed by atoms with E-state index in [1.54, 1.807) is 6.07 Å². The Balaban J connectivity index is 3.07. The molecule has 3 heteroatoms. The molecule has 0 fully saturated rings. The minimum atomic E-state index is -0.456. The van der Waals surface area contributed by atoms with E-state index in [1.807, 2.05) is 0 Å². The maximum Gasteiger partial charge on any atom is 0.128 e. The first kappa shape index (κ1) is 7.28. The molecular formula is C7H6BFO. The van der Waals surface area contributed by atoms with Gasteiger partial charge in [-0.25, -0.2) is 4.39 Å². The zero-order chi connectivity index (χ0) is 7.56. The third kappa shape index (κ3) is 1.36. The first-order valence-electron chi connectivity index (χ1n) is 2.89. The average molecular weight is 136 g/mol. The molecular weight excluding hydrogens is 130 g/mol. The van der Waals surface area contributed by atoms with Crippen molar-refractivity contribution in [1.82, 2.24) is 0 Å². The van der Waals surface area contributed by atoms with E-state index < -0.39 is 5.82 Å². The molecule has 0 atom stereocenters. The topological polar surface area (TPSA) is 20.2 Å². The van der Waals surface area contributed by atoms with Crippen LogP contribution in [0.4, 0.5) is 4.39 Å². The fraction of sp³-hybridized carbons (Fsp3) is 0.143. The lowest BCUT2D eigenvalue weighted by molar-refractivity contribution is 0.276. The van der Waals surface area contributed by atoms with Crippen molar-refractivity contribution in [3.63, 3.8) is 0 Å². The Morgan fingerprint density at radius 2 is 2.20 bits per heavy atom. The van der Waals surface area contributed by atoms with Crippen LogP contribution in [0.3, 0.4) is 0 Å². The minimum Gasteiger partial charge on any atom is -0.392 e. The second-order valence-corrected chi connectivity index (χ2v) is 2.01. The third-order valence-electron chi connectivity index (χ3n) is 1.25. The van der Waals surface area contributed by atoms with Gasteiger partial charge in [0.05, 0.1) is 6.61 Å². The highest BCUT2D eigenvalue weighted by molar-refractivity contribution is 6.32. The summed E-state index contributed by atoms with van der Waals surface area (Å²) >= 11 is 0. The maximum absolute atomic E-state index is 12.6. The molecule has 0 aliphatic rings. The van der Waals surface area contributed by atoms with Crippen LogP contribution in [0.2, 0.25) is 0 Å². The normalized spacial score (nSPS) is 9.80. The van der Waals surface area contributed by atoms with Crippen LogP contribution in [0, 0.1) is 5.82 Å². The second kappa shape index (κ2) is 2.84. The summed E-state index contributed by atoms with van der Waals surface area (Å²) in [6.07, 6.45) is 0. The molecule has 0 aliphatic heterocycles. The van der Waals surface area contributed by atoms with Gasteiger partial charge >= 0.3 is 0 Å². The smallest absolute Gasteiger partial charge is 0.128 e. The van der Waals surface area contributed by atoms with Crippen molar-refractivity contribution < 1.29 is 9.50 Å². The van der Waals surface area contributed by atoms with Gasteiger partial charge in [-0.05, 0) is 6.07 Å². The van der Waals surface area contributed by atoms with E-state index in [0.29, 0.717) is 5.46 Å². The molecule has 0 saturated heterocycles. The van der Waals surface area contributed by atoms with Crippen LogP contribution in [-0.2, 0) is 6.61 Å². The number of aliphatic hydroxyl groups is 1. The number of hydrogen-bond acceptors (Lipinski definition) is 1. The molecule has 1 aromatic carbocycles. The van der Waals surface area contributed by atoms with Crippen LogP contribution in [-0.4, -0.2) is 13.0 Å². The molecule has 0 aromatic heterocycles. The summed E-state index contributed by atoms with van der Waals surface area (Å²) in [6.45, 7) is -0.286. The van der Waals surface area contributed by atoms with Crippen molar-refractivity contribution in [3.8, 4) is 0 Å². The molecule has 2 radical (unpaired) electrons. The Kier molecular flexibility index (Phi) is 2.07. The van der Waals surface area contributed by atoms with Gasteiger partial charge in [0.15, 0.2) is 0 Å². The number of benzene rings is 1.